The number of carbonyl (C=O) groups excluding carboxylic acids is 1. The van der Waals surface area contributed by atoms with Crippen molar-refractivity contribution in [3.8, 4) is 0 Å². The number of nitrogens with one attached hydrogen (secondary N) is 2. The number of aromatic amines is 1. The Morgan fingerprint density at radius 3 is 3.00 bits per heavy atom. The molecule has 0 unspecified atom stereocenters. The predicted octanol–water partition coefficient (Wildman–Crippen LogP) is 2.11. The van der Waals surface area contributed by atoms with Crippen molar-refractivity contribution in [2.75, 3.05) is 20.1 Å². The molecule has 3 rings (SSSR count). The Morgan fingerprint density at radius 1 is 1.41 bits per heavy atom. The van der Waals surface area contributed by atoms with Gasteiger partial charge in [-0.15, -0.1) is 0 Å². The molecule has 6 heteroatoms. The molecule has 2 N–H and O–H groups in total. The number of benzene rings is 1. The number of H-pyrrole nitrogens is 1. The highest BCUT2D eigenvalue weighted by Gasteiger charge is 2.24. The second-order valence-corrected chi connectivity index (χ2v) is 6.53. The molecule has 116 valence electrons. The van der Waals surface area contributed by atoms with Crippen LogP contribution in [-0.2, 0) is 0 Å². The van der Waals surface area contributed by atoms with Crippen molar-refractivity contribution in [2.24, 2.45) is 0 Å². The van der Waals surface area contributed by atoms with E-state index in [-0.39, 0.29) is 11.3 Å². The summed E-state index contributed by atoms with van der Waals surface area (Å²) >= 11 is 3.36. The molecule has 5 nitrogen and oxygen atoms in total. The van der Waals surface area contributed by atoms with Gasteiger partial charge in [-0.2, -0.15) is 0 Å². The van der Waals surface area contributed by atoms with E-state index < -0.39 is 0 Å². The lowest BCUT2D eigenvalue weighted by Crippen LogP contribution is -2.47. The van der Waals surface area contributed by atoms with Gasteiger partial charge in [0.1, 0.15) is 5.69 Å². The first-order chi connectivity index (χ1) is 10.6. The fraction of sp³-hybridized carbons (Fsp3) is 0.375. The molecule has 1 aromatic carbocycles. The maximum absolute atomic E-state index is 12.6. The molecule has 1 saturated heterocycles. The van der Waals surface area contributed by atoms with Crippen LogP contribution in [0.25, 0.3) is 10.9 Å². The van der Waals surface area contributed by atoms with Crippen molar-refractivity contribution in [1.29, 1.82) is 0 Å². The van der Waals surface area contributed by atoms with Crippen LogP contribution in [0, 0.1) is 0 Å². The highest BCUT2D eigenvalue weighted by molar-refractivity contribution is 9.10. The van der Waals surface area contributed by atoms with E-state index in [2.05, 4.69) is 26.2 Å². The average molecular weight is 364 g/mol. The van der Waals surface area contributed by atoms with Crippen LogP contribution in [0.15, 0.2) is 33.5 Å². The quantitative estimate of drug-likeness (QED) is 0.858. The standard InChI is InChI=1S/C16H18BrN3O2/c1-18-11-3-2-6-20(9-11)16(22)14-8-15(21)12-7-10(17)4-5-13(12)19-14/h4-5,7-8,11,18H,2-3,6,9H2,1H3,(H,19,21)/t11-/m0/s1. The number of halogens is 1. The van der Waals surface area contributed by atoms with Crippen LogP contribution >= 0.6 is 15.9 Å². The topological polar surface area (TPSA) is 65.2 Å². The monoisotopic (exact) mass is 363 g/mol. The zero-order valence-corrected chi connectivity index (χ0v) is 13.9. The molecule has 1 amide bonds. The van der Waals surface area contributed by atoms with Crippen LogP contribution in [0.1, 0.15) is 23.3 Å². The summed E-state index contributed by atoms with van der Waals surface area (Å²) in [6.45, 7) is 1.41. The third kappa shape index (κ3) is 2.94. The molecule has 22 heavy (non-hydrogen) atoms. The number of rotatable bonds is 2. The average Bonchev–Trinajstić information content (AvgIpc) is 2.54. The van der Waals surface area contributed by atoms with Crippen LogP contribution in [0.2, 0.25) is 0 Å². The summed E-state index contributed by atoms with van der Waals surface area (Å²) < 4.78 is 0.845. The first-order valence-corrected chi connectivity index (χ1v) is 8.17. The van der Waals surface area contributed by atoms with Crippen LogP contribution in [0.5, 0.6) is 0 Å². The molecule has 0 spiro atoms. The second kappa shape index (κ2) is 6.22. The SMILES string of the molecule is CN[C@H]1CCCN(C(=O)c2cc(=O)c3cc(Br)ccc3[nH]2)C1. The maximum Gasteiger partial charge on any atom is 0.270 e. The Labute approximate surface area is 136 Å². The summed E-state index contributed by atoms with van der Waals surface area (Å²) in [5.74, 6) is -0.109. The van der Waals surface area contributed by atoms with Gasteiger partial charge in [0.05, 0.1) is 0 Å². The summed E-state index contributed by atoms with van der Waals surface area (Å²) in [6.07, 6.45) is 2.05. The minimum Gasteiger partial charge on any atom is -0.350 e. The van der Waals surface area contributed by atoms with Crippen molar-refractivity contribution in [1.82, 2.24) is 15.2 Å². The lowest BCUT2D eigenvalue weighted by Gasteiger charge is -2.32. The van der Waals surface area contributed by atoms with E-state index in [9.17, 15) is 9.59 Å². The molecule has 1 aliphatic rings. The number of piperidine rings is 1. The van der Waals surface area contributed by atoms with Gasteiger partial charge in [0.25, 0.3) is 5.91 Å². The molecule has 0 radical (unpaired) electrons. The summed E-state index contributed by atoms with van der Waals surface area (Å²) in [5, 5.41) is 3.80. The van der Waals surface area contributed by atoms with Gasteiger partial charge in [0.15, 0.2) is 5.43 Å². The van der Waals surface area contributed by atoms with Gasteiger partial charge >= 0.3 is 0 Å². The lowest BCUT2D eigenvalue weighted by molar-refractivity contribution is 0.0692. The molecule has 2 aromatic rings. The van der Waals surface area contributed by atoms with Gasteiger partial charge in [-0.1, -0.05) is 15.9 Å². The summed E-state index contributed by atoms with van der Waals surface area (Å²) in [6, 6.07) is 7.15. The summed E-state index contributed by atoms with van der Waals surface area (Å²) in [5.41, 5.74) is 0.901. The van der Waals surface area contributed by atoms with Crippen LogP contribution in [0.4, 0.5) is 0 Å². The van der Waals surface area contributed by atoms with E-state index in [0.717, 1.165) is 23.9 Å². The minimum absolute atomic E-state index is 0.109. The Morgan fingerprint density at radius 2 is 2.23 bits per heavy atom. The van der Waals surface area contributed by atoms with Crippen LogP contribution in [0.3, 0.4) is 0 Å². The normalized spacial score (nSPS) is 18.6. The number of nitrogens with zero attached hydrogens (tertiary/aromatic N) is 1. The number of likely N-dealkylation sites (N-methyl/N-ethyl adjacent to an activating group) is 1. The Hall–Kier alpha value is -1.66. The number of amides is 1. The molecule has 2 heterocycles. The van der Waals surface area contributed by atoms with E-state index in [1.54, 1.807) is 11.0 Å². The van der Waals surface area contributed by atoms with Gasteiger partial charge in [-0.25, -0.2) is 0 Å². The number of fused-ring (bicyclic) bond motifs is 1. The number of likely N-dealkylation sites (tertiary alicyclic amines) is 1. The minimum atomic E-state index is -0.138. The van der Waals surface area contributed by atoms with Crippen LogP contribution in [-0.4, -0.2) is 42.0 Å². The lowest BCUT2D eigenvalue weighted by atomic mass is 10.1. The summed E-state index contributed by atoms with van der Waals surface area (Å²) in [7, 11) is 1.91. The smallest absolute Gasteiger partial charge is 0.270 e. The fourth-order valence-corrected chi connectivity index (χ4v) is 3.26. The second-order valence-electron chi connectivity index (χ2n) is 5.62. The molecule has 0 saturated carbocycles. The highest BCUT2D eigenvalue weighted by atomic mass is 79.9. The Bertz CT molecular complexity index is 772. The molecule has 1 atom stereocenters. The van der Waals surface area contributed by atoms with Gasteiger partial charge in [-0.05, 0) is 38.1 Å². The van der Waals surface area contributed by atoms with E-state index in [1.807, 2.05) is 19.2 Å². The first-order valence-electron chi connectivity index (χ1n) is 7.37. The van der Waals surface area contributed by atoms with Crippen LogP contribution < -0.4 is 10.7 Å². The largest absolute Gasteiger partial charge is 0.350 e. The predicted molar refractivity (Wildman–Crippen MR) is 90.3 cm³/mol. The zero-order valence-electron chi connectivity index (χ0n) is 12.4. The third-order valence-electron chi connectivity index (χ3n) is 4.14. The third-order valence-corrected chi connectivity index (χ3v) is 4.63. The number of hydrogen-bond acceptors (Lipinski definition) is 3. The Kier molecular flexibility index (Phi) is 4.31. The van der Waals surface area contributed by atoms with Crippen molar-refractivity contribution in [2.45, 2.75) is 18.9 Å². The fourth-order valence-electron chi connectivity index (χ4n) is 2.90. The van der Waals surface area contributed by atoms with Gasteiger partial charge in [0.2, 0.25) is 0 Å². The van der Waals surface area contributed by atoms with E-state index in [4.69, 9.17) is 0 Å². The molecule has 1 aromatic heterocycles. The van der Waals surface area contributed by atoms with E-state index in [0.29, 0.717) is 29.2 Å². The number of hydrogen-bond donors (Lipinski definition) is 2. The first kappa shape index (κ1) is 15.2. The molecule has 1 aliphatic heterocycles. The van der Waals surface area contributed by atoms with E-state index >= 15 is 0 Å². The van der Waals surface area contributed by atoms with Crippen molar-refractivity contribution >= 4 is 32.7 Å². The maximum atomic E-state index is 12.6. The molecular formula is C16H18BrN3O2. The zero-order chi connectivity index (χ0) is 15.7. The molecular weight excluding hydrogens is 346 g/mol. The van der Waals surface area contributed by atoms with Crippen molar-refractivity contribution < 1.29 is 4.79 Å². The molecule has 0 aliphatic carbocycles. The van der Waals surface area contributed by atoms with Crippen molar-refractivity contribution in [3.05, 3.63) is 44.7 Å². The molecule has 0 bridgehead atoms. The van der Waals surface area contributed by atoms with E-state index in [1.165, 1.54) is 6.07 Å². The van der Waals surface area contributed by atoms with Gasteiger partial charge < -0.3 is 15.2 Å². The number of pyridine rings is 1. The molecule has 1 fully saturated rings. The van der Waals surface area contributed by atoms with Gasteiger partial charge in [0, 0.05) is 40.6 Å². The number of aromatic nitrogens is 1. The highest BCUT2D eigenvalue weighted by Crippen LogP contribution is 2.17. The van der Waals surface area contributed by atoms with Crippen molar-refractivity contribution in [3.63, 3.8) is 0 Å². The van der Waals surface area contributed by atoms with Gasteiger partial charge in [-0.3, -0.25) is 9.59 Å². The summed E-state index contributed by atoms with van der Waals surface area (Å²) in [4.78, 5) is 29.8. The Balaban J connectivity index is 1.94. The number of carbonyl (C=O) groups is 1.